The van der Waals surface area contributed by atoms with E-state index in [4.69, 9.17) is 37.9 Å². The van der Waals surface area contributed by atoms with Gasteiger partial charge in [0.05, 0.1) is 31.5 Å². The average molecular weight is 1090 g/mol. The minimum atomic E-state index is -2.06. The maximum atomic E-state index is 12.6. The lowest BCUT2D eigenvalue weighted by Gasteiger charge is -2.72. The second-order valence-corrected chi connectivity index (χ2v) is 26.6. The van der Waals surface area contributed by atoms with Crippen molar-refractivity contribution in [3.63, 3.8) is 0 Å². The molecule has 29 atom stereocenters. The van der Waals surface area contributed by atoms with Gasteiger partial charge in [0.1, 0.15) is 85.5 Å². The van der Waals surface area contributed by atoms with E-state index in [1.165, 1.54) is 12.5 Å². The molecule has 0 aromatic carbocycles. The Bertz CT molecular complexity index is 2110. The highest BCUT2D eigenvalue weighted by Crippen LogP contribution is 2.76. The van der Waals surface area contributed by atoms with Crippen LogP contribution in [0.5, 0.6) is 0 Å². The van der Waals surface area contributed by atoms with E-state index in [1.54, 1.807) is 0 Å². The Balaban J connectivity index is 0.964. The summed E-state index contributed by atoms with van der Waals surface area (Å²) in [6.45, 7) is 18.3. The Morgan fingerprint density at radius 2 is 1.09 bits per heavy atom. The maximum absolute atomic E-state index is 12.6. The number of rotatable bonds is 11. The van der Waals surface area contributed by atoms with Crippen LogP contribution in [0, 0.1) is 50.2 Å². The quantitative estimate of drug-likeness (QED) is 0.0921. The predicted molar refractivity (Wildman–Crippen MR) is 262 cm³/mol. The number of aliphatic carboxylic acids is 1. The van der Waals surface area contributed by atoms with Crippen molar-refractivity contribution in [2.75, 3.05) is 13.2 Å². The van der Waals surface area contributed by atoms with Crippen molar-refractivity contribution in [2.24, 2.45) is 50.2 Å². The van der Waals surface area contributed by atoms with Gasteiger partial charge in [0.25, 0.3) is 0 Å². The fourth-order valence-corrected chi connectivity index (χ4v) is 16.6. The first kappa shape index (κ1) is 59.0. The molecule has 0 aromatic heterocycles. The molecule has 0 unspecified atom stereocenters. The summed E-state index contributed by atoms with van der Waals surface area (Å²) >= 11 is 0. The molecule has 8 fully saturated rings. The topological polar surface area (TPSA) is 354 Å². The third kappa shape index (κ3) is 9.47. The summed E-state index contributed by atoms with van der Waals surface area (Å²) < 4.78 is 49.1. The van der Waals surface area contributed by atoms with E-state index in [9.17, 15) is 71.2 Å². The Morgan fingerprint density at radius 1 is 0.553 bits per heavy atom. The Kier molecular flexibility index (Phi) is 16.3. The van der Waals surface area contributed by atoms with E-state index in [0.717, 1.165) is 38.5 Å². The van der Waals surface area contributed by atoms with Crippen molar-refractivity contribution in [3.05, 3.63) is 11.6 Å². The summed E-state index contributed by atoms with van der Waals surface area (Å²) in [5.41, 5.74) is -0.244. The monoisotopic (exact) mass is 1090 g/mol. The largest absolute Gasteiger partial charge is 0.479 e. The van der Waals surface area contributed by atoms with Crippen molar-refractivity contribution < 1.29 is 109 Å². The molecule has 4 saturated heterocycles. The number of aliphatic hydroxyl groups is 12. The zero-order valence-electron chi connectivity index (χ0n) is 45.3. The maximum Gasteiger partial charge on any atom is 0.335 e. The molecule has 5 aliphatic carbocycles. The van der Waals surface area contributed by atoms with Crippen LogP contribution in [-0.2, 0) is 42.7 Å². The highest BCUT2D eigenvalue weighted by atomic mass is 16.8. The molecule has 13 N–H and O–H groups in total. The van der Waals surface area contributed by atoms with E-state index >= 15 is 0 Å². The number of allylic oxidation sites excluding steroid dienone is 2. The molecule has 9 aliphatic rings. The van der Waals surface area contributed by atoms with Gasteiger partial charge in [-0.1, -0.05) is 67.0 Å². The first-order valence-electron chi connectivity index (χ1n) is 27.6. The SMILES string of the molecule is C[C@@H]1O[C@@H](O[C@H]2[C@H](O[C@H]3[C@H](O[C@H]4CC[C@]5(C)[C@H]6CC=C7[C@@H]8CC(C)(C)C[C@@H](O[C@@H]9O[C@H](CO)[C@@H](O)[C@H](O)[C@H]9O)[C@]8(C)CC[C@@]7(C)[C@]6(C)CC[C@H]5C4(C)C)O[C@H](C(=O)O)[C@@H](O)[C@@H]3O)O[C@H](CO)[C@@H](O)[C@@H]2O)[C@H](O)[C@H](O)[C@H]1O. The first-order valence-corrected chi connectivity index (χ1v) is 27.6. The van der Waals surface area contributed by atoms with Crippen molar-refractivity contribution in [2.45, 2.75) is 255 Å². The lowest BCUT2D eigenvalue weighted by Crippen LogP contribution is -2.68. The smallest absolute Gasteiger partial charge is 0.335 e. The molecule has 9 rings (SSSR count). The molecule has 4 aliphatic heterocycles. The van der Waals surface area contributed by atoms with Crippen LogP contribution >= 0.6 is 0 Å². The number of fused-ring (bicyclic) bond motifs is 7. The van der Waals surface area contributed by atoms with Crippen molar-refractivity contribution >= 4 is 5.97 Å². The second kappa shape index (κ2) is 21.0. The van der Waals surface area contributed by atoms with Gasteiger partial charge in [-0.3, -0.25) is 0 Å². The van der Waals surface area contributed by atoms with Gasteiger partial charge in [-0.15, -0.1) is 0 Å². The van der Waals surface area contributed by atoms with Crippen molar-refractivity contribution in [1.82, 2.24) is 0 Å². The molecule has 4 heterocycles. The minimum absolute atomic E-state index is 0.0718. The van der Waals surface area contributed by atoms with Crippen LogP contribution in [0.25, 0.3) is 0 Å². The number of carboxylic acid groups (broad SMARTS) is 1. The summed E-state index contributed by atoms with van der Waals surface area (Å²) in [5.74, 6) is -1.14. The molecule has 4 saturated carbocycles. The van der Waals surface area contributed by atoms with Gasteiger partial charge in [-0.2, -0.15) is 0 Å². The molecule has 0 amide bonds. The van der Waals surface area contributed by atoms with Crippen molar-refractivity contribution in [3.8, 4) is 0 Å². The highest BCUT2D eigenvalue weighted by Gasteiger charge is 2.70. The molecule has 0 radical (unpaired) electrons. The summed E-state index contributed by atoms with van der Waals surface area (Å²) in [6, 6.07) is 0. The molecule has 0 aromatic rings. The minimum Gasteiger partial charge on any atom is -0.479 e. The lowest BCUT2D eigenvalue weighted by molar-refractivity contribution is -0.395. The molecular weight excluding hydrogens is 1000 g/mol. The number of carbonyl (C=O) groups is 1. The number of aliphatic hydroxyl groups excluding tert-OH is 12. The second-order valence-electron chi connectivity index (χ2n) is 26.6. The zero-order valence-corrected chi connectivity index (χ0v) is 45.3. The third-order valence-corrected chi connectivity index (χ3v) is 21.5. The standard InChI is InChI=1S/C54H88O22/c1-22-31(57)34(60)39(65)45(69-22)75-42-36(62)33(59)26(21-56)71-47(42)76-43-38(64)37(63)41(44(67)68)74-48(43)72-29-13-14-52(7)27(50(29,4)5)12-15-54(9)28(52)11-10-23-24-18-49(2,3)19-30(51(24,6)16-17-53(23,54)8)73-46-40(66)35(61)32(58)25(20-55)70-46/h10,22,24-43,45-48,55-66H,11-21H2,1-9H3,(H,67,68)/t22-,24-,25+,26+,27-,28+,29-,30+,31-,32+,33+,34+,35-,36-,37-,38-,39+,40+,41-,42+,43+,45-,46-,47-,48+,51+,52-,53+,54+/m0/s1. The van der Waals surface area contributed by atoms with Gasteiger partial charge < -0.3 is 104 Å². The van der Waals surface area contributed by atoms with Crippen LogP contribution in [0.1, 0.15) is 120 Å². The molecule has 22 nitrogen and oxygen atoms in total. The average Bonchev–Trinajstić information content (AvgIpc) is 3.54. The lowest BCUT2D eigenvalue weighted by atomic mass is 9.33. The first-order chi connectivity index (χ1) is 35.4. The van der Waals surface area contributed by atoms with E-state index in [-0.39, 0.29) is 50.9 Å². The number of ether oxygens (including phenoxy) is 8. The highest BCUT2D eigenvalue weighted by molar-refractivity contribution is 5.73. The Labute approximate surface area is 444 Å². The van der Waals surface area contributed by atoms with Crippen LogP contribution in [0.15, 0.2) is 11.6 Å². The van der Waals surface area contributed by atoms with Crippen LogP contribution in [0.2, 0.25) is 0 Å². The van der Waals surface area contributed by atoms with Gasteiger partial charge >= 0.3 is 5.97 Å². The van der Waals surface area contributed by atoms with Gasteiger partial charge in [0.2, 0.25) is 0 Å². The molecular formula is C54H88O22. The molecule has 0 spiro atoms. The molecule has 0 bridgehead atoms. The summed E-state index contributed by atoms with van der Waals surface area (Å²) in [4.78, 5) is 12.6. The molecule has 22 heteroatoms. The van der Waals surface area contributed by atoms with Gasteiger partial charge in [0.15, 0.2) is 31.3 Å². The summed E-state index contributed by atoms with van der Waals surface area (Å²) in [7, 11) is 0. The number of hydrogen-bond acceptors (Lipinski definition) is 21. The van der Waals surface area contributed by atoms with E-state index in [2.05, 4.69) is 61.5 Å². The normalized spacial score (nSPS) is 55.0. The fraction of sp³-hybridized carbons (Fsp3) is 0.944. The van der Waals surface area contributed by atoms with Crippen LogP contribution in [-0.4, -0.2) is 221 Å². The summed E-state index contributed by atoms with van der Waals surface area (Å²) in [5, 5.41) is 139. The molecule has 436 valence electrons. The molecule has 76 heavy (non-hydrogen) atoms. The van der Waals surface area contributed by atoms with Gasteiger partial charge in [-0.25, -0.2) is 4.79 Å². The zero-order chi connectivity index (χ0) is 55.7. The van der Waals surface area contributed by atoms with E-state index < -0.39 is 154 Å². The van der Waals surface area contributed by atoms with E-state index in [1.807, 2.05) is 0 Å². The van der Waals surface area contributed by atoms with Crippen LogP contribution in [0.4, 0.5) is 0 Å². The van der Waals surface area contributed by atoms with E-state index in [0.29, 0.717) is 19.3 Å². The Hall–Kier alpha value is -1.59. The summed E-state index contributed by atoms with van der Waals surface area (Å²) in [6.07, 6.45) is -24.4. The van der Waals surface area contributed by atoms with Gasteiger partial charge in [0, 0.05) is 5.41 Å². The van der Waals surface area contributed by atoms with Crippen LogP contribution < -0.4 is 0 Å². The number of carboxylic acids is 1. The van der Waals surface area contributed by atoms with Crippen LogP contribution in [0.3, 0.4) is 0 Å². The predicted octanol–water partition coefficient (Wildman–Crippen LogP) is -0.444. The third-order valence-electron chi connectivity index (χ3n) is 21.5. The number of hydrogen-bond donors (Lipinski definition) is 13. The Morgan fingerprint density at radius 3 is 1.71 bits per heavy atom. The van der Waals surface area contributed by atoms with Gasteiger partial charge in [-0.05, 0) is 110 Å². The van der Waals surface area contributed by atoms with Crippen molar-refractivity contribution in [1.29, 1.82) is 0 Å². The fourth-order valence-electron chi connectivity index (χ4n) is 16.6.